The molecule has 0 N–H and O–H groups in total. The molecule has 0 aromatic heterocycles. The van der Waals surface area contributed by atoms with Crippen LogP contribution in [0.25, 0.3) is 0 Å². The molecule has 1 amide bonds. The van der Waals surface area contributed by atoms with Crippen molar-refractivity contribution in [3.8, 4) is 0 Å². The lowest BCUT2D eigenvalue weighted by molar-refractivity contribution is -0.123. The van der Waals surface area contributed by atoms with Gasteiger partial charge in [-0.1, -0.05) is 53.4 Å². The number of hydrogen-bond donors (Lipinski definition) is 0. The van der Waals surface area contributed by atoms with E-state index in [4.69, 9.17) is 0 Å². The van der Waals surface area contributed by atoms with Crippen LogP contribution in [0.15, 0.2) is 30.3 Å². The second-order valence-electron chi connectivity index (χ2n) is 5.56. The Morgan fingerprint density at radius 3 is 2.45 bits per heavy atom. The fraction of sp³-hybridized carbons (Fsp3) is 0.588. The average Bonchev–Trinajstić information content (AvgIpc) is 2.53. The number of nitrogens with zero attached hydrogens (tertiary/aromatic N) is 1. The SMILES string of the molecule is O=C(C1CCCCC1)N(CCCCBr)c1ccccc1. The first-order valence-electron chi connectivity index (χ1n) is 7.75. The van der Waals surface area contributed by atoms with Crippen LogP contribution in [0.3, 0.4) is 0 Å². The standard InChI is InChI=1S/C17H24BrNO/c18-13-7-8-14-19(16-11-5-2-6-12-16)17(20)15-9-3-1-4-10-15/h2,5-6,11-12,15H,1,3-4,7-10,13-14H2. The molecule has 0 radical (unpaired) electrons. The Kier molecular flexibility index (Phi) is 6.58. The number of carbonyl (C=O) groups is 1. The van der Waals surface area contributed by atoms with Crippen LogP contribution in [0.1, 0.15) is 44.9 Å². The van der Waals surface area contributed by atoms with E-state index < -0.39 is 0 Å². The third-order valence-corrected chi connectivity index (χ3v) is 4.61. The molecule has 0 atom stereocenters. The molecule has 0 saturated heterocycles. The van der Waals surface area contributed by atoms with Gasteiger partial charge in [0.15, 0.2) is 0 Å². The monoisotopic (exact) mass is 337 g/mol. The van der Waals surface area contributed by atoms with Crippen molar-refractivity contribution in [1.29, 1.82) is 0 Å². The molecule has 1 aromatic carbocycles. The summed E-state index contributed by atoms with van der Waals surface area (Å²) in [4.78, 5) is 14.8. The van der Waals surface area contributed by atoms with E-state index in [1.54, 1.807) is 0 Å². The highest BCUT2D eigenvalue weighted by molar-refractivity contribution is 9.09. The summed E-state index contributed by atoms with van der Waals surface area (Å²) >= 11 is 3.47. The fourth-order valence-corrected chi connectivity index (χ4v) is 3.31. The fourth-order valence-electron chi connectivity index (χ4n) is 2.91. The van der Waals surface area contributed by atoms with Crippen LogP contribution in [-0.2, 0) is 4.79 Å². The summed E-state index contributed by atoms with van der Waals surface area (Å²) in [5, 5.41) is 1.01. The molecular weight excluding hydrogens is 314 g/mol. The first-order chi connectivity index (χ1) is 9.83. The molecule has 1 aliphatic rings. The minimum atomic E-state index is 0.243. The number of anilines is 1. The normalized spacial score (nSPS) is 16.1. The molecule has 0 bridgehead atoms. The predicted molar refractivity (Wildman–Crippen MR) is 88.4 cm³/mol. The zero-order chi connectivity index (χ0) is 14.2. The van der Waals surface area contributed by atoms with E-state index in [-0.39, 0.29) is 5.92 Å². The highest BCUT2D eigenvalue weighted by Gasteiger charge is 2.26. The number of benzene rings is 1. The Labute approximate surface area is 130 Å². The Balaban J connectivity index is 2.06. The van der Waals surface area contributed by atoms with E-state index in [2.05, 4.69) is 28.1 Å². The summed E-state index contributed by atoms with van der Waals surface area (Å²) in [6.45, 7) is 0.838. The molecule has 0 unspecified atom stereocenters. The quantitative estimate of drug-likeness (QED) is 0.540. The first kappa shape index (κ1) is 15.6. The van der Waals surface area contributed by atoms with Gasteiger partial charge in [0.05, 0.1) is 0 Å². The van der Waals surface area contributed by atoms with Crippen molar-refractivity contribution in [3.63, 3.8) is 0 Å². The second-order valence-corrected chi connectivity index (χ2v) is 6.35. The summed E-state index contributed by atoms with van der Waals surface area (Å²) in [7, 11) is 0. The van der Waals surface area contributed by atoms with Crippen molar-refractivity contribution in [2.75, 3.05) is 16.8 Å². The van der Waals surface area contributed by atoms with Crippen molar-refractivity contribution in [2.45, 2.75) is 44.9 Å². The molecule has 110 valence electrons. The van der Waals surface area contributed by atoms with Gasteiger partial charge in [0.2, 0.25) is 5.91 Å². The van der Waals surface area contributed by atoms with E-state index in [1.165, 1.54) is 19.3 Å². The molecule has 1 fully saturated rings. The van der Waals surface area contributed by atoms with Gasteiger partial charge in [0, 0.05) is 23.5 Å². The van der Waals surface area contributed by atoms with Gasteiger partial charge in [-0.15, -0.1) is 0 Å². The molecule has 2 rings (SSSR count). The van der Waals surface area contributed by atoms with Crippen molar-refractivity contribution in [2.24, 2.45) is 5.92 Å². The van der Waals surface area contributed by atoms with Crippen molar-refractivity contribution in [3.05, 3.63) is 30.3 Å². The van der Waals surface area contributed by atoms with Crippen LogP contribution in [-0.4, -0.2) is 17.8 Å². The van der Waals surface area contributed by atoms with Crippen LogP contribution < -0.4 is 4.90 Å². The van der Waals surface area contributed by atoms with Gasteiger partial charge in [-0.05, 0) is 37.8 Å². The molecule has 1 aromatic rings. The van der Waals surface area contributed by atoms with Crippen LogP contribution >= 0.6 is 15.9 Å². The van der Waals surface area contributed by atoms with Crippen LogP contribution in [0.5, 0.6) is 0 Å². The third kappa shape index (κ3) is 4.34. The first-order valence-corrected chi connectivity index (χ1v) is 8.87. The third-order valence-electron chi connectivity index (χ3n) is 4.05. The molecule has 2 nitrogen and oxygen atoms in total. The van der Waals surface area contributed by atoms with Crippen LogP contribution in [0.2, 0.25) is 0 Å². The maximum atomic E-state index is 12.8. The highest BCUT2D eigenvalue weighted by atomic mass is 79.9. The lowest BCUT2D eigenvalue weighted by Gasteiger charge is -2.29. The van der Waals surface area contributed by atoms with Gasteiger partial charge in [-0.25, -0.2) is 0 Å². The maximum Gasteiger partial charge on any atom is 0.230 e. The van der Waals surface area contributed by atoms with Gasteiger partial charge in [0.1, 0.15) is 0 Å². The molecule has 20 heavy (non-hydrogen) atoms. The second kappa shape index (κ2) is 8.46. The molecule has 1 saturated carbocycles. The van der Waals surface area contributed by atoms with Gasteiger partial charge in [-0.3, -0.25) is 4.79 Å². The zero-order valence-electron chi connectivity index (χ0n) is 12.1. The topological polar surface area (TPSA) is 20.3 Å². The number of unbranched alkanes of at least 4 members (excludes halogenated alkanes) is 1. The van der Waals surface area contributed by atoms with E-state index in [0.717, 1.165) is 43.2 Å². The van der Waals surface area contributed by atoms with Gasteiger partial charge < -0.3 is 4.90 Å². The lowest BCUT2D eigenvalue weighted by atomic mass is 9.88. The maximum absolute atomic E-state index is 12.8. The van der Waals surface area contributed by atoms with Crippen molar-refractivity contribution in [1.82, 2.24) is 0 Å². The van der Waals surface area contributed by atoms with Gasteiger partial charge in [-0.2, -0.15) is 0 Å². The van der Waals surface area contributed by atoms with Crippen molar-refractivity contribution < 1.29 is 4.79 Å². The summed E-state index contributed by atoms with van der Waals surface area (Å²) in [6.07, 6.45) is 8.01. The number of alkyl halides is 1. The molecule has 1 aliphatic carbocycles. The molecule has 0 spiro atoms. The van der Waals surface area contributed by atoms with E-state index in [0.29, 0.717) is 5.91 Å². The average molecular weight is 338 g/mol. The molecule has 3 heteroatoms. The van der Waals surface area contributed by atoms with Crippen LogP contribution in [0.4, 0.5) is 5.69 Å². The minimum Gasteiger partial charge on any atom is -0.312 e. The van der Waals surface area contributed by atoms with E-state index in [1.807, 2.05) is 23.1 Å². The van der Waals surface area contributed by atoms with E-state index in [9.17, 15) is 4.79 Å². The van der Waals surface area contributed by atoms with Gasteiger partial charge >= 0.3 is 0 Å². The number of carbonyl (C=O) groups excluding carboxylic acids is 1. The predicted octanol–water partition coefficient (Wildman–Crippen LogP) is 4.78. The Bertz CT molecular complexity index is 401. The lowest BCUT2D eigenvalue weighted by Crippen LogP contribution is -2.37. The van der Waals surface area contributed by atoms with Crippen LogP contribution in [0, 0.1) is 5.92 Å². The summed E-state index contributed by atoms with van der Waals surface area (Å²) in [5.41, 5.74) is 1.05. The largest absolute Gasteiger partial charge is 0.312 e. The molecular formula is C17H24BrNO. The number of rotatable bonds is 6. The summed E-state index contributed by atoms with van der Waals surface area (Å²) in [5.74, 6) is 0.582. The Morgan fingerprint density at radius 1 is 1.10 bits per heavy atom. The summed E-state index contributed by atoms with van der Waals surface area (Å²) in [6, 6.07) is 10.1. The molecule has 0 aliphatic heterocycles. The highest BCUT2D eigenvalue weighted by Crippen LogP contribution is 2.27. The smallest absolute Gasteiger partial charge is 0.230 e. The number of amides is 1. The number of para-hydroxylation sites is 1. The molecule has 0 heterocycles. The van der Waals surface area contributed by atoms with Crippen molar-refractivity contribution >= 4 is 27.5 Å². The number of hydrogen-bond acceptors (Lipinski definition) is 1. The Morgan fingerprint density at radius 2 is 1.80 bits per heavy atom. The Hall–Kier alpha value is -0.830. The summed E-state index contributed by atoms with van der Waals surface area (Å²) < 4.78 is 0. The van der Waals surface area contributed by atoms with E-state index >= 15 is 0 Å². The number of halogens is 1. The minimum absolute atomic E-state index is 0.243. The van der Waals surface area contributed by atoms with Gasteiger partial charge in [0.25, 0.3) is 0 Å². The zero-order valence-corrected chi connectivity index (χ0v) is 13.6.